The number of rotatable bonds is 8. The minimum atomic E-state index is -3.84. The molecule has 0 saturated heterocycles. The van der Waals surface area contributed by atoms with Crippen LogP contribution in [0.15, 0.2) is 59.5 Å². The summed E-state index contributed by atoms with van der Waals surface area (Å²) in [5, 5.41) is 0. The van der Waals surface area contributed by atoms with Crippen LogP contribution in [0.2, 0.25) is 0 Å². The van der Waals surface area contributed by atoms with E-state index in [1.54, 1.807) is 24.3 Å². The van der Waals surface area contributed by atoms with Gasteiger partial charge in [-0.25, -0.2) is 8.42 Å². The molecule has 0 bridgehead atoms. The van der Waals surface area contributed by atoms with Gasteiger partial charge in [-0.2, -0.15) is 4.31 Å². The highest BCUT2D eigenvalue weighted by Gasteiger charge is 2.28. The summed E-state index contributed by atoms with van der Waals surface area (Å²) >= 11 is 0. The molecule has 0 radical (unpaired) electrons. The zero-order valence-corrected chi connectivity index (χ0v) is 17.3. The predicted octanol–water partition coefficient (Wildman–Crippen LogP) is 3.42. The third-order valence-electron chi connectivity index (χ3n) is 5.29. The Morgan fingerprint density at radius 2 is 1.62 bits per heavy atom. The number of esters is 1. The Kier molecular flexibility index (Phi) is 7.41. The molecule has 0 aliphatic heterocycles. The highest BCUT2D eigenvalue weighted by molar-refractivity contribution is 7.89. The van der Waals surface area contributed by atoms with Gasteiger partial charge in [0.05, 0.1) is 10.8 Å². The third-order valence-corrected chi connectivity index (χ3v) is 7.07. The minimum Gasteiger partial charge on any atom is -0.448 e. The Balaban J connectivity index is 1.78. The van der Waals surface area contributed by atoms with E-state index < -0.39 is 10.0 Å². The average molecular weight is 417 g/mol. The van der Waals surface area contributed by atoms with Crippen LogP contribution >= 0.6 is 0 Å². The van der Waals surface area contributed by atoms with E-state index in [2.05, 4.69) is 0 Å². The van der Waals surface area contributed by atoms with Crippen molar-refractivity contribution in [2.24, 2.45) is 11.7 Å². The number of carbonyl (C=O) groups is 1. The van der Waals surface area contributed by atoms with E-state index in [0.717, 1.165) is 43.2 Å². The topological polar surface area (TPSA) is 89.7 Å². The molecule has 0 amide bonds. The average Bonchev–Trinajstić information content (AvgIpc) is 2.77. The van der Waals surface area contributed by atoms with E-state index in [-0.39, 0.29) is 30.1 Å². The van der Waals surface area contributed by atoms with Crippen molar-refractivity contribution in [2.45, 2.75) is 50.1 Å². The molecule has 2 N–H and O–H groups in total. The summed E-state index contributed by atoms with van der Waals surface area (Å²) < 4.78 is 33.1. The van der Waals surface area contributed by atoms with Crippen LogP contribution in [0.25, 0.3) is 0 Å². The van der Waals surface area contributed by atoms with Gasteiger partial charge in [-0.05, 0) is 36.1 Å². The second-order valence-corrected chi connectivity index (χ2v) is 9.31. The second-order valence-electron chi connectivity index (χ2n) is 7.38. The van der Waals surface area contributed by atoms with Gasteiger partial charge in [-0.1, -0.05) is 61.7 Å². The van der Waals surface area contributed by atoms with Crippen molar-refractivity contribution >= 4 is 16.0 Å². The second kappa shape index (κ2) is 10.0. The molecule has 2 aromatic rings. The first-order valence-electron chi connectivity index (χ1n) is 10.0. The lowest BCUT2D eigenvalue weighted by atomic mass is 9.89. The molecular weight excluding hydrogens is 388 g/mol. The van der Waals surface area contributed by atoms with Crippen molar-refractivity contribution in [1.29, 1.82) is 0 Å². The Morgan fingerprint density at radius 1 is 0.966 bits per heavy atom. The van der Waals surface area contributed by atoms with Gasteiger partial charge in [0.15, 0.2) is 6.73 Å². The maximum Gasteiger partial charge on any atom is 0.310 e. The Bertz CT molecular complexity index is 892. The van der Waals surface area contributed by atoms with E-state index in [1.165, 1.54) is 4.31 Å². The van der Waals surface area contributed by atoms with Gasteiger partial charge in [0.1, 0.15) is 0 Å². The summed E-state index contributed by atoms with van der Waals surface area (Å²) in [6.07, 6.45) is 4.78. The summed E-state index contributed by atoms with van der Waals surface area (Å²) in [6.45, 7) is 0.165. The van der Waals surface area contributed by atoms with Crippen molar-refractivity contribution in [3.63, 3.8) is 0 Å². The molecule has 156 valence electrons. The quantitative estimate of drug-likeness (QED) is 0.526. The van der Waals surface area contributed by atoms with Crippen molar-refractivity contribution in [3.8, 4) is 0 Å². The van der Waals surface area contributed by atoms with Crippen molar-refractivity contribution in [2.75, 3.05) is 6.73 Å². The molecule has 1 fully saturated rings. The lowest BCUT2D eigenvalue weighted by molar-refractivity contribution is -0.152. The van der Waals surface area contributed by atoms with Crippen LogP contribution < -0.4 is 5.73 Å². The van der Waals surface area contributed by atoms with Gasteiger partial charge >= 0.3 is 5.97 Å². The SMILES string of the molecule is NCc1ccc(S(=O)(=O)N(COC(=O)C2CCCCC2)Cc2ccccc2)cc1. The molecule has 1 saturated carbocycles. The molecule has 0 heterocycles. The molecule has 2 aromatic carbocycles. The standard InChI is InChI=1S/C22H28N2O4S/c23-15-18-11-13-21(14-12-18)29(26,27)24(16-19-7-3-1-4-8-19)17-28-22(25)20-9-5-2-6-10-20/h1,3-4,7-8,11-14,20H,2,5-6,9-10,15-17,23H2. The Morgan fingerprint density at radius 3 is 2.24 bits per heavy atom. The van der Waals surface area contributed by atoms with Gasteiger partial charge in [0.2, 0.25) is 10.0 Å². The maximum absolute atomic E-state index is 13.2. The number of benzene rings is 2. The Labute approximate surface area is 172 Å². The summed E-state index contributed by atoms with van der Waals surface area (Å²) in [6, 6.07) is 15.7. The fourth-order valence-electron chi connectivity index (χ4n) is 3.53. The monoisotopic (exact) mass is 416 g/mol. The predicted molar refractivity (Wildman–Crippen MR) is 111 cm³/mol. The summed E-state index contributed by atoms with van der Waals surface area (Å²) in [5.41, 5.74) is 7.28. The normalized spacial score (nSPS) is 15.4. The van der Waals surface area contributed by atoms with Crippen LogP contribution in [0.5, 0.6) is 0 Å². The van der Waals surface area contributed by atoms with E-state index in [9.17, 15) is 13.2 Å². The van der Waals surface area contributed by atoms with Crippen LogP contribution in [0.1, 0.15) is 43.2 Å². The van der Waals surface area contributed by atoms with Crippen molar-refractivity contribution in [3.05, 3.63) is 65.7 Å². The van der Waals surface area contributed by atoms with Crippen LogP contribution in [0.3, 0.4) is 0 Å². The van der Waals surface area contributed by atoms with Crippen LogP contribution in [0.4, 0.5) is 0 Å². The zero-order chi connectivity index (χ0) is 20.7. The van der Waals surface area contributed by atoms with Gasteiger partial charge in [-0.3, -0.25) is 4.79 Å². The van der Waals surface area contributed by atoms with Gasteiger partial charge in [0.25, 0.3) is 0 Å². The minimum absolute atomic E-state index is 0.125. The maximum atomic E-state index is 13.2. The van der Waals surface area contributed by atoms with Crippen molar-refractivity contribution < 1.29 is 17.9 Å². The largest absolute Gasteiger partial charge is 0.448 e. The van der Waals surface area contributed by atoms with E-state index in [1.807, 2.05) is 30.3 Å². The molecule has 0 unspecified atom stereocenters. The van der Waals surface area contributed by atoms with E-state index in [0.29, 0.717) is 6.54 Å². The van der Waals surface area contributed by atoms with Gasteiger partial charge in [0, 0.05) is 13.1 Å². The molecule has 7 heteroatoms. The number of carbonyl (C=O) groups excluding carboxylic acids is 1. The number of sulfonamides is 1. The fourth-order valence-corrected chi connectivity index (χ4v) is 4.81. The molecule has 0 atom stereocenters. The number of hydrogen-bond donors (Lipinski definition) is 1. The van der Waals surface area contributed by atoms with Gasteiger partial charge < -0.3 is 10.5 Å². The smallest absolute Gasteiger partial charge is 0.310 e. The van der Waals surface area contributed by atoms with Crippen molar-refractivity contribution in [1.82, 2.24) is 4.31 Å². The van der Waals surface area contributed by atoms with Crippen LogP contribution in [-0.2, 0) is 32.6 Å². The molecule has 1 aliphatic rings. The fraction of sp³-hybridized carbons (Fsp3) is 0.409. The summed E-state index contributed by atoms with van der Waals surface area (Å²) in [5.74, 6) is -0.440. The number of nitrogens with two attached hydrogens (primary N) is 1. The lowest BCUT2D eigenvalue weighted by Gasteiger charge is -2.25. The number of hydrogen-bond acceptors (Lipinski definition) is 5. The lowest BCUT2D eigenvalue weighted by Crippen LogP contribution is -2.35. The first-order valence-corrected chi connectivity index (χ1v) is 11.4. The zero-order valence-electron chi connectivity index (χ0n) is 16.5. The third kappa shape index (κ3) is 5.65. The van der Waals surface area contributed by atoms with Crippen LogP contribution in [0, 0.1) is 5.92 Å². The van der Waals surface area contributed by atoms with E-state index >= 15 is 0 Å². The summed E-state index contributed by atoms with van der Waals surface area (Å²) in [4.78, 5) is 12.6. The first-order chi connectivity index (χ1) is 14.0. The molecule has 1 aliphatic carbocycles. The molecule has 6 nitrogen and oxygen atoms in total. The number of nitrogens with zero attached hydrogens (tertiary/aromatic N) is 1. The molecule has 29 heavy (non-hydrogen) atoms. The molecular formula is C22H28N2O4S. The van der Waals surface area contributed by atoms with Crippen LogP contribution in [-0.4, -0.2) is 25.4 Å². The molecule has 0 aromatic heterocycles. The van der Waals surface area contributed by atoms with Gasteiger partial charge in [-0.15, -0.1) is 0 Å². The highest BCUT2D eigenvalue weighted by Crippen LogP contribution is 2.25. The highest BCUT2D eigenvalue weighted by atomic mass is 32.2. The summed E-state index contributed by atoms with van der Waals surface area (Å²) in [7, 11) is -3.84. The Hall–Kier alpha value is -2.22. The molecule has 3 rings (SSSR count). The number of ether oxygens (including phenoxy) is 1. The first kappa shape index (κ1) is 21.5. The molecule has 0 spiro atoms. The van der Waals surface area contributed by atoms with E-state index in [4.69, 9.17) is 10.5 Å².